The van der Waals surface area contributed by atoms with Crippen molar-refractivity contribution >= 4 is 52.5 Å². The number of oxazole rings is 1. The van der Waals surface area contributed by atoms with Gasteiger partial charge in [-0.05, 0) is 33.9 Å². The number of carbonyl (C=O) groups excluding carboxylic acids is 1. The number of aliphatic hydroxyl groups is 1. The Morgan fingerprint density at radius 1 is 0.759 bits per heavy atom. The number of benzene rings is 5. The highest BCUT2D eigenvalue weighted by molar-refractivity contribution is 7.99. The molecule has 2 heterocycles. The van der Waals surface area contributed by atoms with Crippen molar-refractivity contribution in [3.8, 4) is 33.7 Å². The van der Waals surface area contributed by atoms with Gasteiger partial charge in [0.25, 0.3) is 14.9 Å². The van der Waals surface area contributed by atoms with Crippen LogP contribution in [0.2, 0.25) is 0 Å². The molecule has 5 aromatic carbocycles. The number of carbonyl (C=O) groups is 1. The molecule has 276 valence electrons. The normalized spacial score (nSPS) is 18.7. The molecule has 0 spiro atoms. The van der Waals surface area contributed by atoms with Gasteiger partial charge in [0, 0.05) is 34.9 Å². The zero-order valence-electron chi connectivity index (χ0n) is 29.2. The summed E-state index contributed by atoms with van der Waals surface area (Å²) in [6.45, 7) is 2.32. The van der Waals surface area contributed by atoms with Crippen LogP contribution in [0.15, 0.2) is 143 Å². The van der Waals surface area contributed by atoms with Crippen molar-refractivity contribution in [3.63, 3.8) is 0 Å². The van der Waals surface area contributed by atoms with E-state index >= 15 is 0 Å². The second kappa shape index (κ2) is 17.1. The summed E-state index contributed by atoms with van der Waals surface area (Å²) in [7, 11) is 0. The Morgan fingerprint density at radius 2 is 1.41 bits per heavy atom. The third kappa shape index (κ3) is 9.04. The average molecular weight is 800 g/mol. The lowest BCUT2D eigenvalue weighted by Gasteiger charge is -2.41. The van der Waals surface area contributed by atoms with E-state index in [1.54, 1.807) is 0 Å². The summed E-state index contributed by atoms with van der Waals surface area (Å²) in [4.78, 5) is 17.0. The van der Waals surface area contributed by atoms with Gasteiger partial charge in [-0.2, -0.15) is 0 Å². The molecular formula is C43H37Cl3N2O5S. The number of nitrogens with zero attached hydrogens (tertiary/aromatic N) is 1. The van der Waals surface area contributed by atoms with E-state index in [4.69, 9.17) is 53.7 Å². The number of hydrogen-bond acceptors (Lipinski definition) is 7. The molecule has 7 rings (SSSR count). The molecule has 1 saturated heterocycles. The van der Waals surface area contributed by atoms with E-state index in [0.29, 0.717) is 11.0 Å². The third-order valence-corrected chi connectivity index (χ3v) is 10.8. The van der Waals surface area contributed by atoms with Crippen LogP contribution in [0.1, 0.15) is 41.6 Å². The molecule has 7 nitrogen and oxygen atoms in total. The Morgan fingerprint density at radius 3 is 2.07 bits per heavy atom. The van der Waals surface area contributed by atoms with Crippen LogP contribution in [0, 0.1) is 5.92 Å². The molecule has 0 radical (unpaired) electrons. The van der Waals surface area contributed by atoms with E-state index in [1.807, 2.05) is 133 Å². The van der Waals surface area contributed by atoms with Crippen LogP contribution in [-0.2, 0) is 27.4 Å². The zero-order valence-corrected chi connectivity index (χ0v) is 32.3. The van der Waals surface area contributed by atoms with Gasteiger partial charge >= 0.3 is 0 Å². The van der Waals surface area contributed by atoms with Crippen molar-refractivity contribution < 1.29 is 23.8 Å². The van der Waals surface area contributed by atoms with E-state index in [0.717, 1.165) is 56.0 Å². The molecular weight excluding hydrogens is 763 g/mol. The van der Waals surface area contributed by atoms with Gasteiger partial charge in [-0.25, -0.2) is 4.98 Å². The van der Waals surface area contributed by atoms with Crippen LogP contribution in [0.5, 0.6) is 0 Å². The molecule has 1 amide bonds. The van der Waals surface area contributed by atoms with Gasteiger partial charge < -0.3 is 24.3 Å². The fraction of sp³-hybridized carbons (Fsp3) is 0.209. The van der Waals surface area contributed by atoms with Crippen molar-refractivity contribution in [2.45, 2.75) is 47.6 Å². The van der Waals surface area contributed by atoms with Gasteiger partial charge in [0.15, 0.2) is 12.1 Å². The summed E-state index contributed by atoms with van der Waals surface area (Å²) in [6.07, 6.45) is -1.13. The van der Waals surface area contributed by atoms with Crippen molar-refractivity contribution in [1.82, 2.24) is 10.3 Å². The van der Waals surface area contributed by atoms with Crippen LogP contribution in [0.4, 0.5) is 0 Å². The van der Waals surface area contributed by atoms with Crippen LogP contribution in [0.3, 0.4) is 0 Å². The van der Waals surface area contributed by atoms with Gasteiger partial charge in [-0.15, -0.1) is 0 Å². The molecule has 0 bridgehead atoms. The molecule has 1 aliphatic heterocycles. The summed E-state index contributed by atoms with van der Waals surface area (Å²) in [5.41, 5.74) is 8.26. The maximum absolute atomic E-state index is 12.1. The van der Waals surface area contributed by atoms with Crippen molar-refractivity contribution in [1.29, 1.82) is 0 Å². The average Bonchev–Trinajstić information content (AvgIpc) is 3.64. The molecule has 4 unspecified atom stereocenters. The minimum Gasteiger partial charge on any atom is -0.431 e. The number of rotatable bonds is 11. The van der Waals surface area contributed by atoms with Gasteiger partial charge in [0.1, 0.15) is 5.69 Å². The molecule has 4 atom stereocenters. The van der Waals surface area contributed by atoms with Crippen molar-refractivity contribution in [2.24, 2.45) is 5.92 Å². The van der Waals surface area contributed by atoms with Crippen LogP contribution in [-0.4, -0.2) is 31.6 Å². The number of halogens is 3. The highest BCUT2D eigenvalue weighted by atomic mass is 35.6. The van der Waals surface area contributed by atoms with E-state index in [1.165, 1.54) is 11.8 Å². The van der Waals surface area contributed by atoms with Crippen LogP contribution >= 0.6 is 46.6 Å². The molecule has 1 aromatic heterocycles. The van der Waals surface area contributed by atoms with E-state index in [2.05, 4.69) is 12.2 Å². The smallest absolute Gasteiger partial charge is 0.272 e. The standard InChI is InChI=1S/C43H37Cl3N2O5S/c1-27-36(26-54-42-48-37(31-10-4-2-5-11-31)39(53-42)32-12-6-3-7-13-32)51-40(52-38(27)33-17-15-28(25-49)16-18-33)34-21-19-30(20-22-34)35-14-8-9-29(23-35)24-47-41(50)43(44,45)46/h2-23,27,36,38,40,49H,24-26H2,1H3,(H,47,50). The van der Waals surface area contributed by atoms with Gasteiger partial charge in [-0.3, -0.25) is 4.79 Å². The van der Waals surface area contributed by atoms with Gasteiger partial charge in [-0.1, -0.05) is 181 Å². The zero-order chi connectivity index (χ0) is 37.7. The molecule has 54 heavy (non-hydrogen) atoms. The fourth-order valence-electron chi connectivity index (χ4n) is 6.38. The van der Waals surface area contributed by atoms with Crippen molar-refractivity contribution in [3.05, 3.63) is 156 Å². The molecule has 0 aliphatic carbocycles. The second-order valence-corrected chi connectivity index (χ2v) is 16.3. The maximum atomic E-state index is 12.1. The number of ether oxygens (including phenoxy) is 2. The van der Waals surface area contributed by atoms with Gasteiger partial charge in [0.2, 0.25) is 0 Å². The first kappa shape index (κ1) is 38.2. The molecule has 11 heteroatoms. The highest BCUT2D eigenvalue weighted by Gasteiger charge is 2.39. The molecule has 6 aromatic rings. The van der Waals surface area contributed by atoms with Gasteiger partial charge in [0.05, 0.1) is 18.8 Å². The quantitative estimate of drug-likeness (QED) is 0.0995. The Bertz CT molecular complexity index is 2100. The monoisotopic (exact) mass is 798 g/mol. The predicted octanol–water partition coefficient (Wildman–Crippen LogP) is 10.7. The van der Waals surface area contributed by atoms with Crippen molar-refractivity contribution in [2.75, 3.05) is 5.75 Å². The molecule has 1 fully saturated rings. The van der Waals surface area contributed by atoms with E-state index < -0.39 is 16.0 Å². The summed E-state index contributed by atoms with van der Waals surface area (Å²) < 4.78 is 17.8. The number of hydrogen-bond donors (Lipinski definition) is 2. The summed E-state index contributed by atoms with van der Waals surface area (Å²) in [5, 5.41) is 12.9. The topological polar surface area (TPSA) is 93.8 Å². The Balaban J connectivity index is 1.12. The molecule has 2 N–H and O–H groups in total. The fourth-order valence-corrected chi connectivity index (χ4v) is 7.57. The lowest BCUT2D eigenvalue weighted by molar-refractivity contribution is -0.268. The first-order chi connectivity index (χ1) is 26.2. The number of aliphatic hydroxyl groups excluding tert-OH is 1. The summed E-state index contributed by atoms with van der Waals surface area (Å²) >= 11 is 18.6. The van der Waals surface area contributed by atoms with E-state index in [-0.39, 0.29) is 31.3 Å². The van der Waals surface area contributed by atoms with Crippen LogP contribution in [0.25, 0.3) is 33.7 Å². The SMILES string of the molecule is CC1C(CSc2nc(-c3ccccc3)c(-c3ccccc3)o2)OC(c2ccc(-c3cccc(CNC(=O)C(Cl)(Cl)Cl)c3)cc2)OC1c1ccc(CO)cc1. The first-order valence-corrected chi connectivity index (χ1v) is 19.6. The number of amides is 1. The lowest BCUT2D eigenvalue weighted by Crippen LogP contribution is -2.38. The third-order valence-electron chi connectivity index (χ3n) is 9.34. The Hall–Kier alpha value is -4.12. The second-order valence-electron chi connectivity index (χ2n) is 13.0. The van der Waals surface area contributed by atoms with Crippen LogP contribution < -0.4 is 5.32 Å². The number of thioether (sulfide) groups is 1. The minimum atomic E-state index is -2.03. The first-order valence-electron chi connectivity index (χ1n) is 17.5. The maximum Gasteiger partial charge on any atom is 0.272 e. The lowest BCUT2D eigenvalue weighted by atomic mass is 9.91. The Kier molecular flexibility index (Phi) is 12.1. The number of alkyl halides is 3. The minimum absolute atomic E-state index is 0.0186. The predicted molar refractivity (Wildman–Crippen MR) is 215 cm³/mol. The molecule has 1 aliphatic rings. The largest absolute Gasteiger partial charge is 0.431 e. The number of aromatic nitrogens is 1. The summed E-state index contributed by atoms with van der Waals surface area (Å²) in [5.74, 6) is 0.602. The summed E-state index contributed by atoms with van der Waals surface area (Å²) in [6, 6.07) is 43.8. The molecule has 0 saturated carbocycles. The van der Waals surface area contributed by atoms with E-state index in [9.17, 15) is 9.90 Å². The number of nitrogens with one attached hydrogen (secondary N) is 1. The highest BCUT2D eigenvalue weighted by Crippen LogP contribution is 2.44. The Labute approximate surface area is 333 Å².